The van der Waals surface area contributed by atoms with E-state index in [0.29, 0.717) is 24.1 Å². The SMILES string of the molecule is CCOc1ccc(NC(=NC)NCC(=O)Nc2ccccc2)cc1OC. The van der Waals surface area contributed by atoms with Gasteiger partial charge in [0.05, 0.1) is 20.3 Å². The minimum absolute atomic E-state index is 0.0860. The molecule has 0 aliphatic carbocycles. The summed E-state index contributed by atoms with van der Waals surface area (Å²) in [6.45, 7) is 2.56. The van der Waals surface area contributed by atoms with Crippen LogP contribution >= 0.6 is 0 Å². The van der Waals surface area contributed by atoms with Crippen LogP contribution in [0.4, 0.5) is 11.4 Å². The molecule has 0 heterocycles. The highest BCUT2D eigenvalue weighted by atomic mass is 16.5. The summed E-state index contributed by atoms with van der Waals surface area (Å²) in [6.07, 6.45) is 0. The lowest BCUT2D eigenvalue weighted by Gasteiger charge is -2.14. The average molecular weight is 356 g/mol. The van der Waals surface area contributed by atoms with Crippen LogP contribution in [0.2, 0.25) is 0 Å². The number of guanidine groups is 1. The lowest BCUT2D eigenvalue weighted by atomic mass is 10.2. The number of benzene rings is 2. The molecule has 2 aromatic rings. The molecule has 0 aliphatic rings. The van der Waals surface area contributed by atoms with E-state index in [1.54, 1.807) is 14.2 Å². The maximum atomic E-state index is 12.0. The van der Waals surface area contributed by atoms with E-state index >= 15 is 0 Å². The smallest absolute Gasteiger partial charge is 0.243 e. The van der Waals surface area contributed by atoms with E-state index in [1.807, 2.05) is 55.5 Å². The van der Waals surface area contributed by atoms with Gasteiger partial charge in [-0.1, -0.05) is 18.2 Å². The van der Waals surface area contributed by atoms with Crippen molar-refractivity contribution >= 4 is 23.2 Å². The Labute approximate surface area is 153 Å². The standard InChI is InChI=1S/C19H24N4O3/c1-4-26-16-11-10-15(12-17(16)25-3)23-19(20-2)21-13-18(24)22-14-8-6-5-7-9-14/h5-12H,4,13H2,1-3H3,(H,22,24)(H2,20,21,23). The molecular formula is C19H24N4O3. The topological polar surface area (TPSA) is 84.0 Å². The van der Waals surface area contributed by atoms with E-state index in [9.17, 15) is 4.79 Å². The number of para-hydroxylation sites is 1. The van der Waals surface area contributed by atoms with Gasteiger partial charge >= 0.3 is 0 Å². The van der Waals surface area contributed by atoms with E-state index in [0.717, 1.165) is 11.4 Å². The third-order valence-corrected chi connectivity index (χ3v) is 3.42. The second kappa shape index (κ2) is 9.93. The molecule has 26 heavy (non-hydrogen) atoms. The molecule has 1 amide bonds. The van der Waals surface area contributed by atoms with E-state index in [4.69, 9.17) is 9.47 Å². The Morgan fingerprint density at radius 3 is 2.46 bits per heavy atom. The number of nitrogens with one attached hydrogen (secondary N) is 3. The van der Waals surface area contributed by atoms with Gasteiger partial charge in [-0.05, 0) is 31.2 Å². The first-order chi connectivity index (χ1) is 12.7. The fourth-order valence-corrected chi connectivity index (χ4v) is 2.23. The van der Waals surface area contributed by atoms with Crippen molar-refractivity contribution in [3.05, 3.63) is 48.5 Å². The molecular weight excluding hydrogens is 332 g/mol. The molecule has 0 aromatic heterocycles. The van der Waals surface area contributed by atoms with E-state index in [2.05, 4.69) is 20.9 Å². The quantitative estimate of drug-likeness (QED) is 0.525. The first-order valence-electron chi connectivity index (χ1n) is 8.29. The van der Waals surface area contributed by atoms with Crippen LogP contribution in [0.15, 0.2) is 53.5 Å². The largest absolute Gasteiger partial charge is 0.493 e. The second-order valence-corrected chi connectivity index (χ2v) is 5.26. The molecule has 0 radical (unpaired) electrons. The fourth-order valence-electron chi connectivity index (χ4n) is 2.23. The summed E-state index contributed by atoms with van der Waals surface area (Å²) in [7, 11) is 3.22. The van der Waals surface area contributed by atoms with Crippen LogP contribution in [0.5, 0.6) is 11.5 Å². The number of amides is 1. The van der Waals surface area contributed by atoms with Crippen molar-refractivity contribution in [1.82, 2.24) is 5.32 Å². The molecule has 3 N–H and O–H groups in total. The van der Waals surface area contributed by atoms with E-state index < -0.39 is 0 Å². The second-order valence-electron chi connectivity index (χ2n) is 5.26. The summed E-state index contributed by atoms with van der Waals surface area (Å²) in [5, 5.41) is 8.89. The molecule has 0 unspecified atom stereocenters. The lowest BCUT2D eigenvalue weighted by Crippen LogP contribution is -2.37. The number of ether oxygens (including phenoxy) is 2. The average Bonchev–Trinajstić information content (AvgIpc) is 2.67. The van der Waals surface area contributed by atoms with Crippen molar-refractivity contribution in [1.29, 1.82) is 0 Å². The van der Waals surface area contributed by atoms with Gasteiger partial charge in [-0.25, -0.2) is 0 Å². The zero-order valence-corrected chi connectivity index (χ0v) is 15.2. The molecule has 7 nitrogen and oxygen atoms in total. The van der Waals surface area contributed by atoms with Crippen molar-refractivity contribution in [2.24, 2.45) is 4.99 Å². The predicted octanol–water partition coefficient (Wildman–Crippen LogP) is 2.72. The van der Waals surface area contributed by atoms with Crippen molar-refractivity contribution < 1.29 is 14.3 Å². The Hall–Kier alpha value is -3.22. The zero-order valence-electron chi connectivity index (χ0n) is 15.2. The number of carbonyl (C=O) groups excluding carboxylic acids is 1. The van der Waals surface area contributed by atoms with Crippen LogP contribution in [-0.4, -0.2) is 39.2 Å². The zero-order chi connectivity index (χ0) is 18.8. The highest BCUT2D eigenvalue weighted by molar-refractivity contribution is 5.99. The Balaban J connectivity index is 1.92. The van der Waals surface area contributed by atoms with Crippen LogP contribution in [0.25, 0.3) is 0 Å². The van der Waals surface area contributed by atoms with Gasteiger partial charge in [0.1, 0.15) is 0 Å². The highest BCUT2D eigenvalue weighted by Crippen LogP contribution is 2.30. The third kappa shape index (κ3) is 5.70. The van der Waals surface area contributed by atoms with Gasteiger partial charge in [0, 0.05) is 24.5 Å². The Morgan fingerprint density at radius 1 is 1.04 bits per heavy atom. The maximum Gasteiger partial charge on any atom is 0.243 e. The summed E-state index contributed by atoms with van der Waals surface area (Å²) in [6, 6.07) is 14.8. The van der Waals surface area contributed by atoms with Crippen molar-refractivity contribution in [2.45, 2.75) is 6.92 Å². The minimum Gasteiger partial charge on any atom is -0.493 e. The van der Waals surface area contributed by atoms with Crippen molar-refractivity contribution in [3.8, 4) is 11.5 Å². The highest BCUT2D eigenvalue weighted by Gasteiger charge is 2.08. The molecule has 2 rings (SSSR count). The Kier molecular flexibility index (Phi) is 7.30. The fraction of sp³-hybridized carbons (Fsp3) is 0.263. The molecule has 0 saturated heterocycles. The normalized spacial score (nSPS) is 10.8. The van der Waals surface area contributed by atoms with Crippen LogP contribution in [0, 0.1) is 0 Å². The summed E-state index contributed by atoms with van der Waals surface area (Å²) in [5.41, 5.74) is 1.51. The number of carbonyl (C=O) groups is 1. The molecule has 0 saturated carbocycles. The molecule has 0 aliphatic heterocycles. The maximum absolute atomic E-state index is 12.0. The lowest BCUT2D eigenvalue weighted by molar-refractivity contribution is -0.115. The molecule has 7 heteroatoms. The molecule has 2 aromatic carbocycles. The van der Waals surface area contributed by atoms with E-state index in [1.165, 1.54) is 0 Å². The number of nitrogens with zero attached hydrogens (tertiary/aromatic N) is 1. The monoisotopic (exact) mass is 356 g/mol. The van der Waals surface area contributed by atoms with Gasteiger partial charge in [-0.15, -0.1) is 0 Å². The molecule has 0 spiro atoms. The Bertz CT molecular complexity index is 748. The third-order valence-electron chi connectivity index (χ3n) is 3.42. The minimum atomic E-state index is -0.163. The van der Waals surface area contributed by atoms with Gasteiger partial charge < -0.3 is 25.4 Å². The summed E-state index contributed by atoms with van der Waals surface area (Å²) < 4.78 is 10.8. The first kappa shape index (κ1) is 19.1. The molecule has 0 fully saturated rings. The van der Waals surface area contributed by atoms with Gasteiger partial charge in [-0.3, -0.25) is 9.79 Å². The van der Waals surface area contributed by atoms with Crippen LogP contribution in [-0.2, 0) is 4.79 Å². The summed E-state index contributed by atoms with van der Waals surface area (Å²) in [4.78, 5) is 16.1. The van der Waals surface area contributed by atoms with Crippen molar-refractivity contribution in [3.63, 3.8) is 0 Å². The van der Waals surface area contributed by atoms with Crippen LogP contribution < -0.4 is 25.4 Å². The van der Waals surface area contributed by atoms with Gasteiger partial charge in [0.2, 0.25) is 5.91 Å². The van der Waals surface area contributed by atoms with E-state index in [-0.39, 0.29) is 12.5 Å². The number of rotatable bonds is 7. The summed E-state index contributed by atoms with van der Waals surface area (Å²) in [5.74, 6) is 1.60. The molecule has 138 valence electrons. The Morgan fingerprint density at radius 2 is 1.81 bits per heavy atom. The molecule has 0 bridgehead atoms. The number of hydrogen-bond acceptors (Lipinski definition) is 4. The first-order valence-corrected chi connectivity index (χ1v) is 8.29. The number of aliphatic imine (C=N–C) groups is 1. The predicted molar refractivity (Wildman–Crippen MR) is 104 cm³/mol. The van der Waals surface area contributed by atoms with Gasteiger partial charge in [0.15, 0.2) is 17.5 Å². The number of methoxy groups -OCH3 is 1. The van der Waals surface area contributed by atoms with Crippen LogP contribution in [0.1, 0.15) is 6.92 Å². The van der Waals surface area contributed by atoms with Gasteiger partial charge in [-0.2, -0.15) is 0 Å². The van der Waals surface area contributed by atoms with Crippen molar-refractivity contribution in [2.75, 3.05) is 37.9 Å². The number of hydrogen-bond donors (Lipinski definition) is 3. The molecule has 0 atom stereocenters. The number of anilines is 2. The van der Waals surface area contributed by atoms with Gasteiger partial charge in [0.25, 0.3) is 0 Å². The summed E-state index contributed by atoms with van der Waals surface area (Å²) >= 11 is 0. The van der Waals surface area contributed by atoms with Crippen LogP contribution in [0.3, 0.4) is 0 Å².